The van der Waals surface area contributed by atoms with Crippen LogP contribution >= 0.6 is 0 Å². The molecular weight excluding hydrogens is 380 g/mol. The standard InChI is InChI=1S/C21H26N2O3.C3H8O/c1-14(2)19-10-12-23(21(25)26-19)15(3)16-5-7-17(8-6-16)18-9-11-22(4)20(24)13-18;1-2-3-4/h5-9,11,13-15,19H,10,12H2,1-4H3;4H,2-3H2,1H3. The Balaban J connectivity index is 0.000000735. The predicted molar refractivity (Wildman–Crippen MR) is 119 cm³/mol. The molecule has 3 rings (SSSR count). The van der Waals surface area contributed by atoms with Gasteiger partial charge in [0.15, 0.2) is 0 Å². The van der Waals surface area contributed by atoms with E-state index in [9.17, 15) is 9.59 Å². The minimum atomic E-state index is -0.238. The third-order valence-corrected chi connectivity index (χ3v) is 5.41. The van der Waals surface area contributed by atoms with Crippen molar-refractivity contribution >= 4 is 6.09 Å². The molecule has 1 aromatic heterocycles. The summed E-state index contributed by atoms with van der Waals surface area (Å²) in [4.78, 5) is 25.9. The Kier molecular flexibility index (Phi) is 8.66. The maximum Gasteiger partial charge on any atom is 0.410 e. The van der Waals surface area contributed by atoms with Crippen LogP contribution in [0.25, 0.3) is 11.1 Å². The van der Waals surface area contributed by atoms with Crippen molar-refractivity contribution in [2.75, 3.05) is 13.2 Å². The number of amides is 1. The van der Waals surface area contributed by atoms with E-state index in [1.807, 2.05) is 44.2 Å². The highest BCUT2D eigenvalue weighted by atomic mass is 16.6. The molecule has 1 amide bonds. The molecule has 1 aliphatic heterocycles. The second-order valence-corrected chi connectivity index (χ2v) is 8.03. The molecule has 1 N–H and O–H groups in total. The van der Waals surface area contributed by atoms with Crippen molar-refractivity contribution in [3.63, 3.8) is 0 Å². The van der Waals surface area contributed by atoms with Crippen LogP contribution in [0.3, 0.4) is 0 Å². The molecule has 0 aliphatic carbocycles. The van der Waals surface area contributed by atoms with Crippen molar-refractivity contribution < 1.29 is 14.6 Å². The van der Waals surface area contributed by atoms with Gasteiger partial charge in [-0.3, -0.25) is 4.79 Å². The summed E-state index contributed by atoms with van der Waals surface area (Å²) in [5.74, 6) is 0.342. The smallest absolute Gasteiger partial charge is 0.410 e. The van der Waals surface area contributed by atoms with Crippen molar-refractivity contribution in [1.82, 2.24) is 9.47 Å². The molecule has 30 heavy (non-hydrogen) atoms. The van der Waals surface area contributed by atoms with Gasteiger partial charge in [0.25, 0.3) is 5.56 Å². The first-order valence-electron chi connectivity index (χ1n) is 10.6. The average molecular weight is 415 g/mol. The van der Waals surface area contributed by atoms with E-state index in [1.54, 1.807) is 28.8 Å². The van der Waals surface area contributed by atoms with E-state index in [0.29, 0.717) is 19.1 Å². The summed E-state index contributed by atoms with van der Waals surface area (Å²) in [5, 5.41) is 7.88. The second-order valence-electron chi connectivity index (χ2n) is 8.03. The maximum absolute atomic E-state index is 12.3. The SMILES string of the molecule is CC(C)C1CCN(C(C)c2ccc(-c3ccn(C)c(=O)c3)cc2)C(=O)O1.CCCO. The third-order valence-electron chi connectivity index (χ3n) is 5.41. The lowest BCUT2D eigenvalue weighted by atomic mass is 9.99. The van der Waals surface area contributed by atoms with Gasteiger partial charge in [-0.2, -0.15) is 0 Å². The molecule has 0 spiro atoms. The fraction of sp³-hybridized carbons (Fsp3) is 0.500. The van der Waals surface area contributed by atoms with Crippen molar-refractivity contribution in [3.05, 3.63) is 58.5 Å². The number of carbonyl (C=O) groups is 1. The summed E-state index contributed by atoms with van der Waals surface area (Å²) in [6.45, 7) is 9.13. The van der Waals surface area contributed by atoms with Gasteiger partial charge in [-0.25, -0.2) is 4.79 Å². The van der Waals surface area contributed by atoms with E-state index in [2.05, 4.69) is 13.8 Å². The molecule has 0 radical (unpaired) electrons. The molecule has 1 aromatic carbocycles. The van der Waals surface area contributed by atoms with Crippen LogP contribution in [-0.4, -0.2) is 39.9 Å². The van der Waals surface area contributed by atoms with Crippen LogP contribution in [0.1, 0.15) is 52.1 Å². The summed E-state index contributed by atoms with van der Waals surface area (Å²) < 4.78 is 7.12. The monoisotopic (exact) mass is 414 g/mol. The van der Waals surface area contributed by atoms with E-state index >= 15 is 0 Å². The molecule has 6 nitrogen and oxygen atoms in total. The number of ether oxygens (including phenoxy) is 1. The van der Waals surface area contributed by atoms with Gasteiger partial charge in [0.05, 0.1) is 6.04 Å². The molecule has 0 saturated carbocycles. The Morgan fingerprint density at radius 2 is 1.73 bits per heavy atom. The molecule has 1 saturated heterocycles. The quantitative estimate of drug-likeness (QED) is 0.789. The van der Waals surface area contributed by atoms with Gasteiger partial charge in [0.1, 0.15) is 6.10 Å². The first-order valence-corrected chi connectivity index (χ1v) is 10.6. The van der Waals surface area contributed by atoms with Gasteiger partial charge >= 0.3 is 6.09 Å². The fourth-order valence-corrected chi connectivity index (χ4v) is 3.30. The van der Waals surface area contributed by atoms with Gasteiger partial charge in [-0.15, -0.1) is 0 Å². The van der Waals surface area contributed by atoms with E-state index in [-0.39, 0.29) is 23.8 Å². The first-order chi connectivity index (χ1) is 14.3. The van der Waals surface area contributed by atoms with Crippen molar-refractivity contribution in [1.29, 1.82) is 0 Å². The van der Waals surface area contributed by atoms with Crippen LogP contribution in [0.15, 0.2) is 47.4 Å². The third kappa shape index (κ3) is 5.95. The molecule has 1 fully saturated rings. The average Bonchev–Trinajstić information content (AvgIpc) is 2.75. The Hall–Kier alpha value is -2.60. The van der Waals surface area contributed by atoms with Crippen LogP contribution in [0.4, 0.5) is 4.79 Å². The molecule has 2 aromatic rings. The highest BCUT2D eigenvalue weighted by Gasteiger charge is 2.32. The zero-order valence-corrected chi connectivity index (χ0v) is 18.7. The zero-order chi connectivity index (χ0) is 22.3. The van der Waals surface area contributed by atoms with Gasteiger partial charge in [0, 0.05) is 38.9 Å². The number of carbonyl (C=O) groups excluding carboxylic acids is 1. The first kappa shape index (κ1) is 23.7. The number of aryl methyl sites for hydroxylation is 1. The number of aromatic nitrogens is 1. The minimum absolute atomic E-state index is 0.00835. The molecule has 6 heteroatoms. The van der Waals surface area contributed by atoms with Crippen molar-refractivity contribution in [3.8, 4) is 11.1 Å². The Bertz CT molecular complexity index is 872. The summed E-state index contributed by atoms with van der Waals surface area (Å²) >= 11 is 0. The van der Waals surface area contributed by atoms with Gasteiger partial charge < -0.3 is 19.3 Å². The molecule has 2 atom stereocenters. The Labute approximate surface area is 179 Å². The molecular formula is C24H34N2O4. The molecule has 1 aliphatic rings. The highest BCUT2D eigenvalue weighted by molar-refractivity contribution is 5.69. The molecule has 0 bridgehead atoms. The van der Waals surface area contributed by atoms with Crippen molar-refractivity contribution in [2.45, 2.75) is 52.7 Å². The number of hydrogen-bond acceptors (Lipinski definition) is 4. The fourth-order valence-electron chi connectivity index (χ4n) is 3.30. The van der Waals surface area contributed by atoms with Crippen LogP contribution in [0, 0.1) is 5.92 Å². The van der Waals surface area contributed by atoms with Gasteiger partial charge in [-0.1, -0.05) is 45.0 Å². The van der Waals surface area contributed by atoms with Gasteiger partial charge in [0.2, 0.25) is 0 Å². The molecule has 2 unspecified atom stereocenters. The summed E-state index contributed by atoms with van der Waals surface area (Å²) in [6.07, 6.45) is 3.27. The van der Waals surface area contributed by atoms with Crippen LogP contribution in [0.5, 0.6) is 0 Å². The van der Waals surface area contributed by atoms with Crippen molar-refractivity contribution in [2.24, 2.45) is 13.0 Å². The maximum atomic E-state index is 12.3. The molecule has 164 valence electrons. The lowest BCUT2D eigenvalue weighted by Gasteiger charge is -2.37. The van der Waals surface area contributed by atoms with Gasteiger partial charge in [-0.05, 0) is 42.0 Å². The largest absolute Gasteiger partial charge is 0.446 e. The van der Waals surface area contributed by atoms with E-state index in [1.165, 1.54) is 0 Å². The normalized spacial score (nSPS) is 17.2. The number of hydrogen-bond donors (Lipinski definition) is 1. The van der Waals surface area contributed by atoms with E-state index < -0.39 is 0 Å². The lowest BCUT2D eigenvalue weighted by molar-refractivity contribution is -0.00565. The zero-order valence-electron chi connectivity index (χ0n) is 18.7. The predicted octanol–water partition coefficient (Wildman–Crippen LogP) is 4.37. The Morgan fingerprint density at radius 3 is 2.23 bits per heavy atom. The van der Waals surface area contributed by atoms with Crippen LogP contribution in [0.2, 0.25) is 0 Å². The number of aliphatic hydroxyl groups is 1. The number of nitrogens with zero attached hydrogens (tertiary/aromatic N) is 2. The minimum Gasteiger partial charge on any atom is -0.446 e. The van der Waals surface area contributed by atoms with E-state index in [4.69, 9.17) is 9.84 Å². The number of pyridine rings is 1. The topological polar surface area (TPSA) is 71.8 Å². The lowest BCUT2D eigenvalue weighted by Crippen LogP contribution is -2.44. The van der Waals surface area contributed by atoms with Crippen LogP contribution < -0.4 is 5.56 Å². The Morgan fingerprint density at radius 1 is 1.10 bits per heavy atom. The summed E-state index contributed by atoms with van der Waals surface area (Å²) in [5.41, 5.74) is 2.90. The van der Waals surface area contributed by atoms with Crippen LogP contribution in [-0.2, 0) is 11.8 Å². The summed E-state index contributed by atoms with van der Waals surface area (Å²) in [7, 11) is 1.73. The number of cyclic esters (lactones) is 1. The van der Waals surface area contributed by atoms with E-state index in [0.717, 1.165) is 29.5 Å². The number of aliphatic hydroxyl groups excluding tert-OH is 1. The second kappa shape index (κ2) is 11.0. The number of benzene rings is 1. The summed E-state index contributed by atoms with van der Waals surface area (Å²) in [6, 6.07) is 11.5. The molecule has 2 heterocycles. The highest BCUT2D eigenvalue weighted by Crippen LogP contribution is 2.28. The number of rotatable bonds is 5.